The molecule has 140 valence electrons. The Bertz CT molecular complexity index is 723. The van der Waals surface area contributed by atoms with Gasteiger partial charge in [-0.05, 0) is 38.2 Å². The van der Waals surface area contributed by atoms with Gasteiger partial charge in [-0.2, -0.15) is 4.37 Å². The van der Waals surface area contributed by atoms with Crippen LogP contribution in [-0.4, -0.2) is 40.3 Å². The Morgan fingerprint density at radius 2 is 2.04 bits per heavy atom. The average Bonchev–Trinajstić information content (AvgIpc) is 3.10. The number of anilines is 1. The van der Waals surface area contributed by atoms with Gasteiger partial charge in [-0.15, -0.1) is 11.6 Å². The number of hydrogen-bond acceptors (Lipinski definition) is 5. The molecule has 2 aromatic rings. The molecule has 26 heavy (non-hydrogen) atoms. The van der Waals surface area contributed by atoms with E-state index in [-0.39, 0.29) is 5.91 Å². The maximum absolute atomic E-state index is 11.6. The van der Waals surface area contributed by atoms with Crippen molar-refractivity contribution in [3.05, 3.63) is 41.2 Å². The number of nitrogens with zero attached hydrogens (tertiary/aromatic N) is 3. The second-order valence-electron chi connectivity index (χ2n) is 6.95. The lowest BCUT2D eigenvalue weighted by molar-refractivity contribution is -0.120. The van der Waals surface area contributed by atoms with Crippen LogP contribution in [0.2, 0.25) is 0 Å². The predicted octanol–water partition coefficient (Wildman–Crippen LogP) is 3.40. The van der Waals surface area contributed by atoms with E-state index >= 15 is 0 Å². The highest BCUT2D eigenvalue weighted by molar-refractivity contribution is 7.09. The van der Waals surface area contributed by atoms with E-state index < -0.39 is 5.38 Å². The van der Waals surface area contributed by atoms with Crippen LogP contribution in [0.5, 0.6) is 0 Å². The lowest BCUT2D eigenvalue weighted by Gasteiger charge is -2.31. The molecule has 1 aliphatic rings. The normalized spacial score (nSPS) is 16.5. The van der Waals surface area contributed by atoms with E-state index in [0.717, 1.165) is 43.3 Å². The molecule has 1 amide bonds. The smallest absolute Gasteiger partial charge is 0.237 e. The van der Waals surface area contributed by atoms with Gasteiger partial charge in [0.05, 0.1) is 0 Å². The molecule has 0 unspecified atom stereocenters. The van der Waals surface area contributed by atoms with Gasteiger partial charge >= 0.3 is 0 Å². The molecule has 1 aliphatic heterocycles. The summed E-state index contributed by atoms with van der Waals surface area (Å²) in [5.41, 5.74) is 2.50. The molecule has 0 saturated carbocycles. The zero-order chi connectivity index (χ0) is 18.5. The van der Waals surface area contributed by atoms with Crippen LogP contribution in [0.1, 0.15) is 36.7 Å². The van der Waals surface area contributed by atoms with Gasteiger partial charge in [0.2, 0.25) is 11.0 Å². The van der Waals surface area contributed by atoms with Crippen molar-refractivity contribution in [2.24, 2.45) is 5.92 Å². The number of piperidine rings is 1. The summed E-state index contributed by atoms with van der Waals surface area (Å²) in [6, 6.07) is 8.52. The largest absolute Gasteiger partial charge is 0.355 e. The van der Waals surface area contributed by atoms with Crippen LogP contribution in [0, 0.1) is 12.8 Å². The Kier molecular flexibility index (Phi) is 6.48. The van der Waals surface area contributed by atoms with Gasteiger partial charge in [0.1, 0.15) is 11.2 Å². The van der Waals surface area contributed by atoms with E-state index in [1.54, 1.807) is 6.92 Å². The number of carbonyl (C=O) groups is 1. The van der Waals surface area contributed by atoms with Crippen molar-refractivity contribution in [3.8, 4) is 0 Å². The number of nitrogens with one attached hydrogen (secondary N) is 1. The number of hydrogen-bond donors (Lipinski definition) is 1. The van der Waals surface area contributed by atoms with Crippen molar-refractivity contribution in [2.45, 2.75) is 38.5 Å². The van der Waals surface area contributed by atoms with Gasteiger partial charge in [0, 0.05) is 37.6 Å². The van der Waals surface area contributed by atoms with Crippen molar-refractivity contribution >= 4 is 34.2 Å². The summed E-state index contributed by atoms with van der Waals surface area (Å²) in [4.78, 5) is 18.6. The van der Waals surface area contributed by atoms with Gasteiger partial charge in [-0.25, -0.2) is 4.98 Å². The number of carbonyl (C=O) groups excluding carboxylic acids is 1. The fourth-order valence-electron chi connectivity index (χ4n) is 3.05. The molecular weight excluding hydrogens is 368 g/mol. The topological polar surface area (TPSA) is 58.1 Å². The summed E-state index contributed by atoms with van der Waals surface area (Å²) >= 11 is 7.26. The van der Waals surface area contributed by atoms with Gasteiger partial charge in [0.15, 0.2) is 0 Å². The molecule has 1 atom stereocenters. The first kappa shape index (κ1) is 19.1. The number of halogens is 1. The summed E-state index contributed by atoms with van der Waals surface area (Å²) in [6.07, 6.45) is 2.86. The fraction of sp³-hybridized carbons (Fsp3) is 0.526. The first-order valence-corrected chi connectivity index (χ1v) is 10.3. The molecule has 7 heteroatoms. The molecule has 1 aromatic heterocycles. The molecular formula is C19H25ClN4OS. The maximum Gasteiger partial charge on any atom is 0.237 e. The summed E-state index contributed by atoms with van der Waals surface area (Å²) < 4.78 is 4.52. The number of amides is 1. The van der Waals surface area contributed by atoms with Crippen molar-refractivity contribution in [1.29, 1.82) is 0 Å². The van der Waals surface area contributed by atoms with Crippen LogP contribution in [-0.2, 0) is 11.2 Å². The Balaban J connectivity index is 1.48. The van der Waals surface area contributed by atoms with Gasteiger partial charge < -0.3 is 10.2 Å². The van der Waals surface area contributed by atoms with E-state index in [9.17, 15) is 4.79 Å². The number of alkyl halides is 1. The summed E-state index contributed by atoms with van der Waals surface area (Å²) in [5, 5.41) is 3.46. The predicted molar refractivity (Wildman–Crippen MR) is 107 cm³/mol. The monoisotopic (exact) mass is 392 g/mol. The zero-order valence-corrected chi connectivity index (χ0v) is 16.8. The van der Waals surface area contributed by atoms with E-state index in [1.165, 1.54) is 22.7 Å². The van der Waals surface area contributed by atoms with Crippen LogP contribution in [0.15, 0.2) is 24.3 Å². The molecule has 0 spiro atoms. The molecule has 1 N–H and O–H groups in total. The van der Waals surface area contributed by atoms with Crippen molar-refractivity contribution in [1.82, 2.24) is 14.7 Å². The van der Waals surface area contributed by atoms with Crippen LogP contribution >= 0.6 is 23.1 Å². The third kappa shape index (κ3) is 5.17. The minimum absolute atomic E-state index is 0.0843. The van der Waals surface area contributed by atoms with Crippen LogP contribution in [0.4, 0.5) is 5.13 Å². The lowest BCUT2D eigenvalue weighted by atomic mass is 9.97. The van der Waals surface area contributed by atoms with E-state index in [4.69, 9.17) is 16.6 Å². The van der Waals surface area contributed by atoms with Crippen LogP contribution in [0.3, 0.4) is 0 Å². The molecule has 5 nitrogen and oxygen atoms in total. The molecule has 0 bridgehead atoms. The Hall–Kier alpha value is -1.66. The van der Waals surface area contributed by atoms with Gasteiger partial charge in [-0.1, -0.05) is 29.8 Å². The highest BCUT2D eigenvalue weighted by atomic mass is 35.5. The fourth-order valence-corrected chi connectivity index (χ4v) is 3.86. The van der Waals surface area contributed by atoms with Crippen LogP contribution < -0.4 is 10.2 Å². The van der Waals surface area contributed by atoms with E-state index in [2.05, 4.69) is 45.8 Å². The van der Waals surface area contributed by atoms with Crippen molar-refractivity contribution < 1.29 is 4.79 Å². The molecule has 0 aliphatic carbocycles. The molecule has 1 saturated heterocycles. The Morgan fingerprint density at radius 3 is 2.69 bits per heavy atom. The third-order valence-electron chi connectivity index (χ3n) is 4.75. The maximum atomic E-state index is 11.6. The molecule has 0 radical (unpaired) electrons. The molecule has 1 fully saturated rings. The van der Waals surface area contributed by atoms with Gasteiger partial charge in [-0.3, -0.25) is 4.79 Å². The van der Waals surface area contributed by atoms with E-state index in [1.807, 2.05) is 0 Å². The SMILES string of the molecule is Cc1ccc(Cc2nsc(N3CCC(CNC(=O)[C@@H](C)Cl)CC3)n2)cc1. The first-order chi connectivity index (χ1) is 12.5. The lowest BCUT2D eigenvalue weighted by Crippen LogP contribution is -2.40. The second kappa shape index (κ2) is 8.82. The average molecular weight is 393 g/mol. The minimum atomic E-state index is -0.469. The molecule has 1 aromatic carbocycles. The summed E-state index contributed by atoms with van der Waals surface area (Å²) in [7, 11) is 0. The number of benzene rings is 1. The Morgan fingerprint density at radius 1 is 1.35 bits per heavy atom. The Labute approximate surface area is 163 Å². The number of rotatable bonds is 6. The highest BCUT2D eigenvalue weighted by Gasteiger charge is 2.22. The van der Waals surface area contributed by atoms with E-state index in [0.29, 0.717) is 12.5 Å². The quantitative estimate of drug-likeness (QED) is 0.765. The molecule has 2 heterocycles. The van der Waals surface area contributed by atoms with Crippen molar-refractivity contribution in [3.63, 3.8) is 0 Å². The molecule has 3 rings (SSSR count). The third-order valence-corrected chi connectivity index (χ3v) is 5.76. The van der Waals surface area contributed by atoms with Crippen LogP contribution in [0.25, 0.3) is 0 Å². The number of aromatic nitrogens is 2. The van der Waals surface area contributed by atoms with Gasteiger partial charge in [0.25, 0.3) is 0 Å². The standard InChI is InChI=1S/C19H25ClN4OS/c1-13-3-5-15(6-4-13)11-17-22-19(26-23-17)24-9-7-16(8-10-24)12-21-18(25)14(2)20/h3-6,14,16H,7-12H2,1-2H3,(H,21,25)/t14-/m1/s1. The van der Waals surface area contributed by atoms with Crippen molar-refractivity contribution in [2.75, 3.05) is 24.5 Å². The summed E-state index contributed by atoms with van der Waals surface area (Å²) in [6.45, 7) is 6.40. The summed E-state index contributed by atoms with van der Waals surface area (Å²) in [5.74, 6) is 1.31. The zero-order valence-electron chi connectivity index (χ0n) is 15.2. The highest BCUT2D eigenvalue weighted by Crippen LogP contribution is 2.25. The first-order valence-electron chi connectivity index (χ1n) is 9.06. The second-order valence-corrected chi connectivity index (χ2v) is 8.33. The number of aryl methyl sites for hydroxylation is 1. The minimum Gasteiger partial charge on any atom is -0.355 e.